The number of aliphatic hydroxyl groups excluding tert-OH is 1. The number of hydrogen-bond donors (Lipinski definition) is 3. The molecule has 5 nitrogen and oxygen atoms in total. The van der Waals surface area contributed by atoms with Crippen molar-refractivity contribution in [2.45, 2.75) is 25.5 Å². The van der Waals surface area contributed by atoms with Crippen molar-refractivity contribution in [2.75, 3.05) is 31.5 Å². The Morgan fingerprint density at radius 1 is 1.43 bits per heavy atom. The van der Waals surface area contributed by atoms with Crippen molar-refractivity contribution in [3.05, 3.63) is 30.1 Å². The highest BCUT2D eigenvalue weighted by Gasteiger charge is 2.25. The van der Waals surface area contributed by atoms with Crippen LogP contribution in [-0.4, -0.2) is 54.2 Å². The van der Waals surface area contributed by atoms with Gasteiger partial charge in [0.1, 0.15) is 5.82 Å². The number of nitrogens with one attached hydrogen (secondary N) is 2. The highest BCUT2D eigenvalue weighted by atomic mass is 19.1. The van der Waals surface area contributed by atoms with E-state index in [1.54, 1.807) is 12.1 Å². The van der Waals surface area contributed by atoms with E-state index in [-0.39, 0.29) is 24.1 Å². The number of amides is 1. The second kappa shape index (κ2) is 7.49. The van der Waals surface area contributed by atoms with E-state index in [0.29, 0.717) is 0 Å². The zero-order valence-electron chi connectivity index (χ0n) is 12.2. The number of hydrogen-bond acceptors (Lipinski definition) is 4. The molecule has 0 saturated carbocycles. The Balaban J connectivity index is 1.85. The summed E-state index contributed by atoms with van der Waals surface area (Å²) in [4.78, 5) is 14.0. The Bertz CT molecular complexity index is 478. The average Bonchev–Trinajstić information content (AvgIpc) is 2.49. The van der Waals surface area contributed by atoms with Gasteiger partial charge in [-0.2, -0.15) is 0 Å². The van der Waals surface area contributed by atoms with Crippen molar-refractivity contribution in [2.24, 2.45) is 0 Å². The van der Waals surface area contributed by atoms with E-state index < -0.39 is 11.9 Å². The van der Waals surface area contributed by atoms with Crippen LogP contribution in [0, 0.1) is 5.82 Å². The summed E-state index contributed by atoms with van der Waals surface area (Å²) in [5.41, 5.74) is 0.143. The van der Waals surface area contributed by atoms with E-state index in [1.807, 2.05) is 6.92 Å². The molecule has 1 heterocycles. The van der Waals surface area contributed by atoms with E-state index >= 15 is 0 Å². The van der Waals surface area contributed by atoms with E-state index in [9.17, 15) is 14.3 Å². The normalized spacial score (nSPS) is 19.0. The first kappa shape index (κ1) is 15.9. The summed E-state index contributed by atoms with van der Waals surface area (Å²) >= 11 is 0. The molecule has 0 spiro atoms. The molecule has 3 N–H and O–H groups in total. The third-order valence-electron chi connectivity index (χ3n) is 3.83. The molecule has 1 aromatic carbocycles. The third-order valence-corrected chi connectivity index (χ3v) is 3.83. The summed E-state index contributed by atoms with van der Waals surface area (Å²) in [5.74, 6) is -0.856. The lowest BCUT2D eigenvalue weighted by molar-refractivity contribution is -0.119. The van der Waals surface area contributed by atoms with Crippen molar-refractivity contribution >= 4 is 11.6 Å². The van der Waals surface area contributed by atoms with Crippen LogP contribution in [0.1, 0.15) is 13.3 Å². The Hall–Kier alpha value is -1.50. The second-order valence-electron chi connectivity index (χ2n) is 5.33. The van der Waals surface area contributed by atoms with Crippen LogP contribution >= 0.6 is 0 Å². The molecule has 1 aliphatic heterocycles. The minimum Gasteiger partial charge on any atom is -0.391 e. The van der Waals surface area contributed by atoms with Gasteiger partial charge in [-0.25, -0.2) is 4.39 Å². The zero-order valence-corrected chi connectivity index (χ0v) is 12.2. The minimum atomic E-state index is -0.769. The number of benzene rings is 1. The summed E-state index contributed by atoms with van der Waals surface area (Å²) in [6, 6.07) is 5.90. The Morgan fingerprint density at radius 3 is 2.76 bits per heavy atom. The molecule has 0 radical (unpaired) electrons. The van der Waals surface area contributed by atoms with Gasteiger partial charge in [-0.1, -0.05) is 12.1 Å². The Morgan fingerprint density at radius 2 is 2.10 bits per heavy atom. The molecule has 0 aromatic heterocycles. The topological polar surface area (TPSA) is 64.6 Å². The average molecular weight is 295 g/mol. The van der Waals surface area contributed by atoms with Gasteiger partial charge in [-0.05, 0) is 19.1 Å². The molecule has 1 aliphatic rings. The number of nitrogens with zero attached hydrogens (tertiary/aromatic N) is 1. The SMILES string of the molecule is CC(C(O)CC(=O)Nc1ccccc1F)N1CCNCC1. The van der Waals surface area contributed by atoms with Crippen molar-refractivity contribution in [1.82, 2.24) is 10.2 Å². The molecule has 2 rings (SSSR count). The van der Waals surface area contributed by atoms with E-state index in [4.69, 9.17) is 0 Å². The number of halogens is 1. The van der Waals surface area contributed by atoms with Crippen LogP contribution in [0.25, 0.3) is 0 Å². The molecule has 1 amide bonds. The van der Waals surface area contributed by atoms with Gasteiger partial charge in [0, 0.05) is 32.2 Å². The van der Waals surface area contributed by atoms with Crippen LogP contribution in [-0.2, 0) is 4.79 Å². The second-order valence-corrected chi connectivity index (χ2v) is 5.33. The zero-order chi connectivity index (χ0) is 15.2. The highest BCUT2D eigenvalue weighted by Crippen LogP contribution is 2.14. The van der Waals surface area contributed by atoms with E-state index in [1.165, 1.54) is 12.1 Å². The van der Waals surface area contributed by atoms with Crippen molar-refractivity contribution in [1.29, 1.82) is 0 Å². The fraction of sp³-hybridized carbons (Fsp3) is 0.533. The molecule has 0 bridgehead atoms. The van der Waals surface area contributed by atoms with E-state index in [0.717, 1.165) is 26.2 Å². The fourth-order valence-electron chi connectivity index (χ4n) is 2.46. The molecule has 1 aromatic rings. The monoisotopic (exact) mass is 295 g/mol. The lowest BCUT2D eigenvalue weighted by atomic mass is 10.1. The van der Waals surface area contributed by atoms with Crippen LogP contribution in [0.4, 0.5) is 10.1 Å². The minimum absolute atomic E-state index is 0.0422. The van der Waals surface area contributed by atoms with Crippen LogP contribution in [0.3, 0.4) is 0 Å². The van der Waals surface area contributed by atoms with Crippen LogP contribution in [0.5, 0.6) is 0 Å². The maximum atomic E-state index is 13.4. The summed E-state index contributed by atoms with van der Waals surface area (Å²) < 4.78 is 13.4. The predicted molar refractivity (Wildman–Crippen MR) is 79.6 cm³/mol. The quantitative estimate of drug-likeness (QED) is 0.752. The van der Waals surface area contributed by atoms with Gasteiger partial charge in [-0.15, -0.1) is 0 Å². The first-order valence-electron chi connectivity index (χ1n) is 7.25. The van der Waals surface area contributed by atoms with E-state index in [2.05, 4.69) is 15.5 Å². The lowest BCUT2D eigenvalue weighted by Crippen LogP contribution is -2.51. The molecular formula is C15H22FN3O2. The Labute approximate surface area is 124 Å². The first-order valence-corrected chi connectivity index (χ1v) is 7.25. The molecule has 2 atom stereocenters. The van der Waals surface area contributed by atoms with Crippen molar-refractivity contribution < 1.29 is 14.3 Å². The van der Waals surface area contributed by atoms with Gasteiger partial charge in [0.15, 0.2) is 0 Å². The molecule has 1 fully saturated rings. The molecular weight excluding hydrogens is 273 g/mol. The van der Waals surface area contributed by atoms with Gasteiger partial charge in [-0.3, -0.25) is 9.69 Å². The largest absolute Gasteiger partial charge is 0.391 e. The summed E-state index contributed by atoms with van der Waals surface area (Å²) in [7, 11) is 0. The molecule has 0 aliphatic carbocycles. The molecule has 6 heteroatoms. The predicted octanol–water partition coefficient (Wildman–Crippen LogP) is 0.809. The third kappa shape index (κ3) is 4.49. The maximum Gasteiger partial charge on any atom is 0.227 e. The number of para-hydroxylation sites is 1. The maximum absolute atomic E-state index is 13.4. The summed E-state index contributed by atoms with van der Waals surface area (Å²) in [6.45, 7) is 5.39. The van der Waals surface area contributed by atoms with Crippen LogP contribution in [0.15, 0.2) is 24.3 Å². The summed E-state index contributed by atoms with van der Waals surface area (Å²) in [5, 5.41) is 15.9. The molecule has 2 unspecified atom stereocenters. The fourth-order valence-corrected chi connectivity index (χ4v) is 2.46. The van der Waals surface area contributed by atoms with Gasteiger partial charge in [0.25, 0.3) is 0 Å². The molecule has 1 saturated heterocycles. The Kier molecular flexibility index (Phi) is 5.67. The van der Waals surface area contributed by atoms with Crippen molar-refractivity contribution in [3.8, 4) is 0 Å². The van der Waals surface area contributed by atoms with Crippen LogP contribution in [0.2, 0.25) is 0 Å². The number of piperazine rings is 1. The van der Waals surface area contributed by atoms with Crippen molar-refractivity contribution in [3.63, 3.8) is 0 Å². The number of anilines is 1. The lowest BCUT2D eigenvalue weighted by Gasteiger charge is -2.35. The highest BCUT2D eigenvalue weighted by molar-refractivity contribution is 5.91. The molecule has 21 heavy (non-hydrogen) atoms. The van der Waals surface area contributed by atoms with Gasteiger partial charge < -0.3 is 15.7 Å². The standard InChI is InChI=1S/C15H22FN3O2/c1-11(19-8-6-17-7-9-19)14(20)10-15(21)18-13-5-3-2-4-12(13)16/h2-5,11,14,17,20H,6-10H2,1H3,(H,18,21). The van der Waals surface area contributed by atoms with Crippen LogP contribution < -0.4 is 10.6 Å². The van der Waals surface area contributed by atoms with Gasteiger partial charge in [0.2, 0.25) is 5.91 Å². The number of carbonyl (C=O) groups is 1. The number of carbonyl (C=O) groups excluding carboxylic acids is 1. The van der Waals surface area contributed by atoms with Gasteiger partial charge >= 0.3 is 0 Å². The first-order chi connectivity index (χ1) is 10.1. The smallest absolute Gasteiger partial charge is 0.227 e. The number of aliphatic hydroxyl groups is 1. The summed E-state index contributed by atoms with van der Waals surface area (Å²) in [6.07, 6.45) is -0.811. The number of rotatable bonds is 5. The van der Waals surface area contributed by atoms with Gasteiger partial charge in [0.05, 0.1) is 18.2 Å². The molecule has 116 valence electrons.